The lowest BCUT2D eigenvalue weighted by molar-refractivity contribution is -0.147. The van der Waals surface area contributed by atoms with Gasteiger partial charge >= 0.3 is 5.97 Å². The van der Waals surface area contributed by atoms with Gasteiger partial charge in [0.15, 0.2) is 0 Å². The van der Waals surface area contributed by atoms with E-state index in [1.54, 1.807) is 6.07 Å². The molecule has 0 bridgehead atoms. The van der Waals surface area contributed by atoms with Crippen molar-refractivity contribution >= 4 is 17.6 Å². The summed E-state index contributed by atoms with van der Waals surface area (Å²) in [6.07, 6.45) is 2.78. The highest BCUT2D eigenvalue weighted by molar-refractivity contribution is 5.95. The smallest absolute Gasteiger partial charge is 0.307 e. The first kappa shape index (κ1) is 13.5. The van der Waals surface area contributed by atoms with Gasteiger partial charge in [0.05, 0.1) is 11.8 Å². The molecule has 0 unspecified atom stereocenters. The molecule has 0 radical (unpaired) electrons. The number of halogens is 1. The van der Waals surface area contributed by atoms with Crippen LogP contribution in [-0.4, -0.2) is 17.0 Å². The van der Waals surface area contributed by atoms with Gasteiger partial charge in [0.1, 0.15) is 5.82 Å². The number of carboxylic acids is 1. The number of amides is 1. The van der Waals surface area contributed by atoms with Crippen molar-refractivity contribution in [1.29, 1.82) is 0 Å². The fourth-order valence-corrected chi connectivity index (χ4v) is 2.54. The normalized spacial score (nSPS) is 22.8. The third-order valence-electron chi connectivity index (χ3n) is 3.51. The van der Waals surface area contributed by atoms with Crippen molar-refractivity contribution in [2.24, 2.45) is 11.8 Å². The summed E-state index contributed by atoms with van der Waals surface area (Å²) < 4.78 is 13.0. The molecule has 0 spiro atoms. The molecule has 0 saturated heterocycles. The molecular weight excluding hydrogens is 249 g/mol. The maximum Gasteiger partial charge on any atom is 0.307 e. The predicted molar refractivity (Wildman–Crippen MR) is 68.1 cm³/mol. The van der Waals surface area contributed by atoms with Gasteiger partial charge in [0.25, 0.3) is 0 Å². The Labute approximate surface area is 110 Å². The highest BCUT2D eigenvalue weighted by Crippen LogP contribution is 2.31. The first-order valence-electron chi connectivity index (χ1n) is 6.37. The molecule has 2 N–H and O–H groups in total. The van der Waals surface area contributed by atoms with E-state index in [4.69, 9.17) is 5.11 Å². The average molecular weight is 265 g/mol. The molecule has 102 valence electrons. The Morgan fingerprint density at radius 2 is 1.89 bits per heavy atom. The van der Waals surface area contributed by atoms with Crippen LogP contribution in [0.25, 0.3) is 0 Å². The van der Waals surface area contributed by atoms with Gasteiger partial charge in [-0.15, -0.1) is 0 Å². The van der Waals surface area contributed by atoms with E-state index < -0.39 is 23.6 Å². The highest BCUT2D eigenvalue weighted by atomic mass is 19.1. The molecule has 1 fully saturated rings. The van der Waals surface area contributed by atoms with Gasteiger partial charge in [-0.25, -0.2) is 4.39 Å². The van der Waals surface area contributed by atoms with Crippen molar-refractivity contribution in [3.63, 3.8) is 0 Å². The second kappa shape index (κ2) is 5.82. The number of carbonyl (C=O) groups excluding carboxylic acids is 1. The van der Waals surface area contributed by atoms with E-state index in [0.717, 1.165) is 12.8 Å². The van der Waals surface area contributed by atoms with E-state index in [1.807, 2.05) is 0 Å². The van der Waals surface area contributed by atoms with Crippen molar-refractivity contribution in [3.8, 4) is 0 Å². The summed E-state index contributed by atoms with van der Waals surface area (Å²) in [6.45, 7) is 0. The monoisotopic (exact) mass is 265 g/mol. The van der Waals surface area contributed by atoms with Gasteiger partial charge in [0.2, 0.25) is 5.91 Å². The molecule has 19 heavy (non-hydrogen) atoms. The van der Waals surface area contributed by atoms with Gasteiger partial charge in [-0.1, -0.05) is 18.9 Å². The van der Waals surface area contributed by atoms with Gasteiger partial charge in [0, 0.05) is 5.69 Å². The summed E-state index contributed by atoms with van der Waals surface area (Å²) in [5.41, 5.74) is 0.361. The largest absolute Gasteiger partial charge is 0.481 e. The minimum atomic E-state index is -0.931. The van der Waals surface area contributed by atoms with E-state index >= 15 is 0 Å². The number of anilines is 1. The van der Waals surface area contributed by atoms with Gasteiger partial charge in [-0.05, 0) is 31.0 Å². The van der Waals surface area contributed by atoms with Crippen molar-refractivity contribution in [2.45, 2.75) is 25.7 Å². The molecule has 0 heterocycles. The molecule has 1 aromatic carbocycles. The number of nitrogens with one attached hydrogen (secondary N) is 1. The van der Waals surface area contributed by atoms with E-state index in [2.05, 4.69) is 5.32 Å². The molecule has 1 aliphatic carbocycles. The Hall–Kier alpha value is -1.91. The Morgan fingerprint density at radius 1 is 1.21 bits per heavy atom. The third kappa shape index (κ3) is 3.30. The summed E-state index contributed by atoms with van der Waals surface area (Å²) in [5.74, 6) is -2.87. The quantitative estimate of drug-likeness (QED) is 0.883. The summed E-state index contributed by atoms with van der Waals surface area (Å²) in [4.78, 5) is 23.2. The summed E-state index contributed by atoms with van der Waals surface area (Å²) in [6, 6.07) is 5.59. The Kier molecular flexibility index (Phi) is 4.14. The molecule has 1 amide bonds. The van der Waals surface area contributed by atoms with E-state index in [1.165, 1.54) is 18.2 Å². The van der Waals surface area contributed by atoms with Crippen LogP contribution in [0.4, 0.5) is 10.1 Å². The first-order chi connectivity index (χ1) is 9.08. The Balaban J connectivity index is 2.07. The van der Waals surface area contributed by atoms with Gasteiger partial charge < -0.3 is 10.4 Å². The van der Waals surface area contributed by atoms with Crippen LogP contribution in [0, 0.1) is 17.7 Å². The molecule has 0 aromatic heterocycles. The molecule has 1 saturated carbocycles. The molecule has 5 heteroatoms. The van der Waals surface area contributed by atoms with Gasteiger partial charge in [-0.2, -0.15) is 0 Å². The average Bonchev–Trinajstić information content (AvgIpc) is 2.38. The van der Waals surface area contributed by atoms with E-state index in [9.17, 15) is 14.0 Å². The fourth-order valence-electron chi connectivity index (χ4n) is 2.54. The van der Waals surface area contributed by atoms with Crippen LogP contribution in [0.5, 0.6) is 0 Å². The van der Waals surface area contributed by atoms with Crippen molar-refractivity contribution in [1.82, 2.24) is 0 Å². The number of carboxylic acid groups (broad SMARTS) is 1. The summed E-state index contributed by atoms with van der Waals surface area (Å²) in [5, 5.41) is 11.7. The lowest BCUT2D eigenvalue weighted by atomic mass is 9.78. The zero-order chi connectivity index (χ0) is 13.8. The number of rotatable bonds is 3. The maximum absolute atomic E-state index is 13.0. The second-order valence-electron chi connectivity index (χ2n) is 4.84. The lowest BCUT2D eigenvalue weighted by Crippen LogP contribution is -2.36. The van der Waals surface area contributed by atoms with Crippen LogP contribution in [0.3, 0.4) is 0 Å². The van der Waals surface area contributed by atoms with Crippen LogP contribution in [0.1, 0.15) is 25.7 Å². The molecule has 1 aliphatic rings. The minimum absolute atomic E-state index is 0.335. The number of aliphatic carboxylic acids is 1. The third-order valence-corrected chi connectivity index (χ3v) is 3.51. The predicted octanol–water partition coefficient (Wildman–Crippen LogP) is 2.66. The molecule has 2 atom stereocenters. The molecule has 1 aromatic rings. The van der Waals surface area contributed by atoms with E-state index in [0.29, 0.717) is 18.5 Å². The molecule has 0 aliphatic heterocycles. The topological polar surface area (TPSA) is 66.4 Å². The van der Waals surface area contributed by atoms with Crippen LogP contribution < -0.4 is 5.32 Å². The van der Waals surface area contributed by atoms with Gasteiger partial charge in [-0.3, -0.25) is 9.59 Å². The number of carbonyl (C=O) groups is 2. The number of hydrogen-bond acceptors (Lipinski definition) is 2. The van der Waals surface area contributed by atoms with Crippen LogP contribution >= 0.6 is 0 Å². The zero-order valence-electron chi connectivity index (χ0n) is 10.4. The van der Waals surface area contributed by atoms with Crippen LogP contribution in [0.2, 0.25) is 0 Å². The summed E-state index contributed by atoms with van der Waals surface area (Å²) in [7, 11) is 0. The summed E-state index contributed by atoms with van der Waals surface area (Å²) >= 11 is 0. The zero-order valence-corrected chi connectivity index (χ0v) is 10.4. The standard InChI is InChI=1S/C14H16FNO3/c15-9-4-3-5-10(8-9)16-13(17)11-6-1-2-7-12(11)14(18)19/h3-5,8,11-12H,1-2,6-7H2,(H,16,17)(H,18,19)/t11-,12+/m1/s1. The SMILES string of the molecule is O=C(O)[C@H]1CCCC[C@H]1C(=O)Nc1cccc(F)c1. The van der Waals surface area contributed by atoms with Crippen molar-refractivity contribution < 1.29 is 19.1 Å². The number of benzene rings is 1. The minimum Gasteiger partial charge on any atom is -0.481 e. The highest BCUT2D eigenvalue weighted by Gasteiger charge is 2.35. The Morgan fingerprint density at radius 3 is 2.53 bits per heavy atom. The molecular formula is C14H16FNO3. The van der Waals surface area contributed by atoms with Crippen molar-refractivity contribution in [2.75, 3.05) is 5.32 Å². The molecule has 4 nitrogen and oxygen atoms in total. The molecule has 2 rings (SSSR count). The first-order valence-corrected chi connectivity index (χ1v) is 6.37. The lowest BCUT2D eigenvalue weighted by Gasteiger charge is -2.27. The van der Waals surface area contributed by atoms with Crippen LogP contribution in [-0.2, 0) is 9.59 Å². The fraction of sp³-hybridized carbons (Fsp3) is 0.429. The number of hydrogen-bond donors (Lipinski definition) is 2. The van der Waals surface area contributed by atoms with Crippen molar-refractivity contribution in [3.05, 3.63) is 30.1 Å². The van der Waals surface area contributed by atoms with Crippen LogP contribution in [0.15, 0.2) is 24.3 Å². The Bertz CT molecular complexity index is 489. The second-order valence-corrected chi connectivity index (χ2v) is 4.84. The van der Waals surface area contributed by atoms with E-state index in [-0.39, 0.29) is 5.91 Å². The maximum atomic E-state index is 13.0.